The third kappa shape index (κ3) is 5.34. The topological polar surface area (TPSA) is 41.1 Å². The fraction of sp³-hybridized carbons (Fsp3) is 0.316. The van der Waals surface area contributed by atoms with E-state index >= 15 is 0 Å². The largest absolute Gasteiger partial charge is 0.326 e. The average Bonchev–Trinajstić information content (AvgIpc) is 2.52. The lowest BCUT2D eigenvalue weighted by Gasteiger charge is -2.15. The molecule has 0 aliphatic carbocycles. The van der Waals surface area contributed by atoms with Gasteiger partial charge in [-0.1, -0.05) is 42.5 Å². The Kier molecular flexibility index (Phi) is 6.16. The molecule has 0 fully saturated rings. The lowest BCUT2D eigenvalue weighted by atomic mass is 10.1. The fourth-order valence-electron chi connectivity index (χ4n) is 2.46. The molecule has 2 aromatic rings. The van der Waals surface area contributed by atoms with E-state index in [0.717, 1.165) is 25.1 Å². The number of hydrogen-bond donors (Lipinski definition) is 2. The Morgan fingerprint density at radius 2 is 1.86 bits per heavy atom. The molecule has 0 aliphatic rings. The Morgan fingerprint density at radius 3 is 2.59 bits per heavy atom. The molecule has 0 bridgehead atoms. The van der Waals surface area contributed by atoms with Gasteiger partial charge in [0.25, 0.3) is 0 Å². The Hall–Kier alpha value is -2.13. The van der Waals surface area contributed by atoms with Gasteiger partial charge in [0.2, 0.25) is 5.91 Å². The minimum atomic E-state index is -0.0411. The zero-order chi connectivity index (χ0) is 15.8. The molecule has 1 atom stereocenters. The van der Waals surface area contributed by atoms with Crippen LogP contribution in [0.2, 0.25) is 0 Å². The number of nitrogens with one attached hydrogen (secondary N) is 2. The van der Waals surface area contributed by atoms with Crippen LogP contribution in [0, 0.1) is 0 Å². The second-order valence-corrected chi connectivity index (χ2v) is 5.57. The fourth-order valence-corrected chi connectivity index (χ4v) is 2.46. The van der Waals surface area contributed by atoms with Crippen molar-refractivity contribution in [1.82, 2.24) is 5.32 Å². The van der Waals surface area contributed by atoms with Gasteiger partial charge in [-0.15, -0.1) is 0 Å². The van der Waals surface area contributed by atoms with Gasteiger partial charge in [0, 0.05) is 18.7 Å². The lowest BCUT2D eigenvalue weighted by molar-refractivity contribution is -0.114. The number of amides is 1. The normalized spacial score (nSPS) is 11.9. The van der Waals surface area contributed by atoms with Crippen molar-refractivity contribution in [3.8, 4) is 0 Å². The molecule has 0 aromatic heterocycles. The summed E-state index contributed by atoms with van der Waals surface area (Å²) < 4.78 is 0. The van der Waals surface area contributed by atoms with Gasteiger partial charge in [-0.3, -0.25) is 4.79 Å². The van der Waals surface area contributed by atoms with E-state index in [2.05, 4.69) is 47.9 Å². The van der Waals surface area contributed by atoms with Gasteiger partial charge >= 0.3 is 0 Å². The molecule has 2 N–H and O–H groups in total. The first-order valence-corrected chi connectivity index (χ1v) is 7.80. The monoisotopic (exact) mass is 296 g/mol. The van der Waals surface area contributed by atoms with E-state index in [9.17, 15) is 4.79 Å². The van der Waals surface area contributed by atoms with E-state index in [4.69, 9.17) is 0 Å². The molecular formula is C19H24N2O. The summed E-state index contributed by atoms with van der Waals surface area (Å²) in [6.45, 7) is 4.65. The zero-order valence-corrected chi connectivity index (χ0v) is 13.3. The Labute approximate surface area is 132 Å². The molecule has 3 heteroatoms. The third-order valence-corrected chi connectivity index (χ3v) is 3.64. The van der Waals surface area contributed by atoms with Crippen molar-refractivity contribution >= 4 is 11.6 Å². The summed E-state index contributed by atoms with van der Waals surface area (Å²) in [5.41, 5.74) is 3.42. The number of anilines is 1. The second kappa shape index (κ2) is 8.35. The van der Waals surface area contributed by atoms with Crippen molar-refractivity contribution in [2.45, 2.75) is 32.7 Å². The molecule has 22 heavy (non-hydrogen) atoms. The summed E-state index contributed by atoms with van der Waals surface area (Å²) in [6.07, 6.45) is 2.20. The van der Waals surface area contributed by atoms with Gasteiger partial charge in [-0.25, -0.2) is 0 Å². The molecule has 2 aromatic carbocycles. The van der Waals surface area contributed by atoms with Gasteiger partial charge < -0.3 is 10.6 Å². The van der Waals surface area contributed by atoms with Crippen LogP contribution in [0.4, 0.5) is 5.69 Å². The van der Waals surface area contributed by atoms with Gasteiger partial charge in [-0.05, 0) is 49.6 Å². The molecule has 0 aliphatic heterocycles. The highest BCUT2D eigenvalue weighted by atomic mass is 16.1. The van der Waals surface area contributed by atoms with Gasteiger partial charge in [0.05, 0.1) is 0 Å². The van der Waals surface area contributed by atoms with Crippen molar-refractivity contribution in [2.75, 3.05) is 11.9 Å². The van der Waals surface area contributed by atoms with E-state index in [-0.39, 0.29) is 11.9 Å². The summed E-state index contributed by atoms with van der Waals surface area (Å²) in [5, 5.41) is 6.36. The smallest absolute Gasteiger partial charge is 0.221 e. The van der Waals surface area contributed by atoms with Crippen LogP contribution >= 0.6 is 0 Å². The maximum atomic E-state index is 11.1. The van der Waals surface area contributed by atoms with Gasteiger partial charge in [-0.2, -0.15) is 0 Å². The summed E-state index contributed by atoms with van der Waals surface area (Å²) in [4.78, 5) is 11.1. The first kappa shape index (κ1) is 16.2. The van der Waals surface area contributed by atoms with E-state index in [0.29, 0.717) is 0 Å². The summed E-state index contributed by atoms with van der Waals surface area (Å²) >= 11 is 0. The molecule has 1 amide bonds. The molecule has 3 nitrogen and oxygen atoms in total. The Balaban J connectivity index is 1.79. The number of benzene rings is 2. The van der Waals surface area contributed by atoms with Crippen LogP contribution in [0.25, 0.3) is 0 Å². The number of carbonyl (C=O) groups excluding carboxylic acids is 1. The van der Waals surface area contributed by atoms with Crippen molar-refractivity contribution < 1.29 is 4.79 Å². The number of rotatable bonds is 7. The molecule has 1 unspecified atom stereocenters. The number of aryl methyl sites for hydroxylation is 1. The van der Waals surface area contributed by atoms with Gasteiger partial charge in [0.15, 0.2) is 0 Å². The van der Waals surface area contributed by atoms with Crippen LogP contribution in [0.1, 0.15) is 37.4 Å². The molecule has 116 valence electrons. The Morgan fingerprint density at radius 1 is 1.09 bits per heavy atom. The van der Waals surface area contributed by atoms with Gasteiger partial charge in [0.1, 0.15) is 0 Å². The predicted octanol–water partition coefficient (Wildman–Crippen LogP) is 3.93. The molecule has 0 saturated heterocycles. The van der Waals surface area contributed by atoms with Crippen molar-refractivity contribution in [3.63, 3.8) is 0 Å². The molecule has 0 radical (unpaired) electrons. The minimum absolute atomic E-state index is 0.0411. The SMILES string of the molecule is CC(=O)Nc1cccc(C(C)NCCCc2ccccc2)c1. The van der Waals surface area contributed by atoms with E-state index in [1.54, 1.807) is 0 Å². The van der Waals surface area contributed by atoms with Crippen LogP contribution in [0.5, 0.6) is 0 Å². The van der Waals surface area contributed by atoms with Crippen LogP contribution in [0.3, 0.4) is 0 Å². The Bertz CT molecular complexity index is 595. The van der Waals surface area contributed by atoms with E-state index < -0.39 is 0 Å². The van der Waals surface area contributed by atoms with E-state index in [1.165, 1.54) is 18.1 Å². The van der Waals surface area contributed by atoms with Crippen LogP contribution in [-0.2, 0) is 11.2 Å². The van der Waals surface area contributed by atoms with Crippen molar-refractivity contribution in [2.24, 2.45) is 0 Å². The standard InChI is InChI=1S/C19H24N2O/c1-15(18-11-6-12-19(14-18)21-16(2)22)20-13-7-10-17-8-4-3-5-9-17/h3-6,8-9,11-12,14-15,20H,7,10,13H2,1-2H3,(H,21,22). The molecule has 0 heterocycles. The minimum Gasteiger partial charge on any atom is -0.326 e. The average molecular weight is 296 g/mol. The molecule has 2 rings (SSSR count). The second-order valence-electron chi connectivity index (χ2n) is 5.57. The van der Waals surface area contributed by atoms with E-state index in [1.807, 2.05) is 24.3 Å². The molecular weight excluding hydrogens is 272 g/mol. The van der Waals surface area contributed by atoms with Crippen molar-refractivity contribution in [1.29, 1.82) is 0 Å². The lowest BCUT2D eigenvalue weighted by Crippen LogP contribution is -2.20. The highest BCUT2D eigenvalue weighted by molar-refractivity contribution is 5.88. The van der Waals surface area contributed by atoms with Crippen LogP contribution in [-0.4, -0.2) is 12.5 Å². The maximum Gasteiger partial charge on any atom is 0.221 e. The highest BCUT2D eigenvalue weighted by Gasteiger charge is 2.05. The van der Waals surface area contributed by atoms with Crippen LogP contribution < -0.4 is 10.6 Å². The zero-order valence-electron chi connectivity index (χ0n) is 13.3. The third-order valence-electron chi connectivity index (χ3n) is 3.64. The quantitative estimate of drug-likeness (QED) is 0.760. The molecule has 0 spiro atoms. The van der Waals surface area contributed by atoms with Crippen LogP contribution in [0.15, 0.2) is 54.6 Å². The summed E-state index contributed by atoms with van der Waals surface area (Å²) in [5.74, 6) is -0.0411. The maximum absolute atomic E-state index is 11.1. The first-order chi connectivity index (χ1) is 10.6. The number of carbonyl (C=O) groups is 1. The summed E-state index contributed by atoms with van der Waals surface area (Å²) in [7, 11) is 0. The summed E-state index contributed by atoms with van der Waals surface area (Å²) in [6, 6.07) is 18.8. The first-order valence-electron chi connectivity index (χ1n) is 7.80. The predicted molar refractivity (Wildman–Crippen MR) is 91.9 cm³/mol. The molecule has 0 saturated carbocycles. The highest BCUT2D eigenvalue weighted by Crippen LogP contribution is 2.17. The number of hydrogen-bond acceptors (Lipinski definition) is 2. The van der Waals surface area contributed by atoms with Crippen molar-refractivity contribution in [3.05, 3.63) is 65.7 Å².